The zero-order valence-electron chi connectivity index (χ0n) is 11.9. The number of hydrogen-bond donors (Lipinski definition) is 1. The highest BCUT2D eigenvalue weighted by molar-refractivity contribution is 5.81. The number of carbonyl (C=O) groups excluding carboxylic acids is 1. The first kappa shape index (κ1) is 13.7. The molecule has 0 spiro atoms. The van der Waals surface area contributed by atoms with Gasteiger partial charge in [0.05, 0.1) is 14.2 Å². The minimum absolute atomic E-state index is 0.104. The zero-order chi connectivity index (χ0) is 14.0. The minimum Gasteiger partial charge on any atom is -0.497 e. The fourth-order valence-corrected chi connectivity index (χ4v) is 2.97. The molecule has 0 bridgehead atoms. The van der Waals surface area contributed by atoms with Gasteiger partial charge in [-0.05, 0) is 12.5 Å². The highest BCUT2D eigenvalue weighted by Gasteiger charge is 2.44. The molecule has 1 aliphatic rings. The second-order valence-corrected chi connectivity index (χ2v) is 5.19. The van der Waals surface area contributed by atoms with Crippen LogP contribution in [0.3, 0.4) is 0 Å². The number of rotatable bonds is 4. The van der Waals surface area contributed by atoms with E-state index < -0.39 is 0 Å². The van der Waals surface area contributed by atoms with Crippen molar-refractivity contribution >= 4 is 5.91 Å². The number of benzene rings is 1. The van der Waals surface area contributed by atoms with E-state index in [0.717, 1.165) is 23.5 Å². The topological polar surface area (TPSA) is 47.6 Å². The lowest BCUT2D eigenvalue weighted by molar-refractivity contribution is -0.119. The third-order valence-electron chi connectivity index (χ3n) is 4.06. The molecule has 2 rings (SSSR count). The maximum absolute atomic E-state index is 11.7. The van der Waals surface area contributed by atoms with Gasteiger partial charge in [0.1, 0.15) is 11.5 Å². The lowest BCUT2D eigenvalue weighted by atomic mass is 9.74. The number of methoxy groups -OCH3 is 2. The van der Waals surface area contributed by atoms with Gasteiger partial charge >= 0.3 is 0 Å². The molecule has 1 saturated heterocycles. The Balaban J connectivity index is 2.47. The van der Waals surface area contributed by atoms with Crippen LogP contribution in [0.2, 0.25) is 0 Å². The Morgan fingerprint density at radius 1 is 1.37 bits per heavy atom. The van der Waals surface area contributed by atoms with Crippen molar-refractivity contribution in [2.75, 3.05) is 14.2 Å². The number of amides is 1. The van der Waals surface area contributed by atoms with E-state index in [4.69, 9.17) is 9.47 Å². The van der Waals surface area contributed by atoms with E-state index in [0.29, 0.717) is 6.42 Å². The molecule has 19 heavy (non-hydrogen) atoms. The Morgan fingerprint density at radius 3 is 2.68 bits per heavy atom. The first-order valence-corrected chi connectivity index (χ1v) is 6.57. The lowest BCUT2D eigenvalue weighted by Crippen LogP contribution is -2.38. The van der Waals surface area contributed by atoms with E-state index in [1.165, 1.54) is 0 Å². The molecule has 0 saturated carbocycles. The number of carbonyl (C=O) groups is 1. The van der Waals surface area contributed by atoms with Crippen molar-refractivity contribution in [1.29, 1.82) is 0 Å². The molecule has 1 heterocycles. The molecular formula is C15H21NO3. The van der Waals surface area contributed by atoms with Crippen LogP contribution in [-0.4, -0.2) is 26.2 Å². The fraction of sp³-hybridized carbons (Fsp3) is 0.533. The Kier molecular flexibility index (Phi) is 3.69. The lowest BCUT2D eigenvalue weighted by Gasteiger charge is -2.31. The predicted octanol–water partition coefficient (Wildman–Crippen LogP) is 2.26. The summed E-state index contributed by atoms with van der Waals surface area (Å²) >= 11 is 0. The van der Waals surface area contributed by atoms with Crippen LogP contribution in [0.25, 0.3) is 0 Å². The van der Waals surface area contributed by atoms with Crippen LogP contribution in [0.15, 0.2) is 18.2 Å². The maximum atomic E-state index is 11.7. The van der Waals surface area contributed by atoms with Crippen LogP contribution in [0.4, 0.5) is 0 Å². The maximum Gasteiger partial charge on any atom is 0.221 e. The van der Waals surface area contributed by atoms with Crippen molar-refractivity contribution in [2.45, 2.75) is 38.1 Å². The van der Waals surface area contributed by atoms with E-state index in [1.807, 2.05) is 18.2 Å². The van der Waals surface area contributed by atoms with Gasteiger partial charge in [-0.1, -0.05) is 19.9 Å². The quantitative estimate of drug-likeness (QED) is 0.906. The summed E-state index contributed by atoms with van der Waals surface area (Å²) in [7, 11) is 3.28. The molecule has 0 radical (unpaired) electrons. The Morgan fingerprint density at radius 2 is 2.11 bits per heavy atom. The van der Waals surface area contributed by atoms with Crippen LogP contribution < -0.4 is 14.8 Å². The van der Waals surface area contributed by atoms with Crippen molar-refractivity contribution in [3.05, 3.63) is 23.8 Å². The Labute approximate surface area is 114 Å². The molecule has 104 valence electrons. The zero-order valence-corrected chi connectivity index (χ0v) is 11.9. The third-order valence-corrected chi connectivity index (χ3v) is 4.06. The summed E-state index contributed by atoms with van der Waals surface area (Å²) in [5.41, 5.74) is 0.824. The van der Waals surface area contributed by atoms with Gasteiger partial charge in [-0.25, -0.2) is 0 Å². The van der Waals surface area contributed by atoms with Crippen LogP contribution >= 0.6 is 0 Å². The predicted molar refractivity (Wildman–Crippen MR) is 73.7 cm³/mol. The average molecular weight is 263 g/mol. The van der Waals surface area contributed by atoms with Gasteiger partial charge in [0, 0.05) is 29.5 Å². The van der Waals surface area contributed by atoms with Gasteiger partial charge in [-0.2, -0.15) is 0 Å². The Bertz CT molecular complexity index is 486. The second kappa shape index (κ2) is 5.11. The highest BCUT2D eigenvalue weighted by atomic mass is 16.5. The number of nitrogens with one attached hydrogen (secondary N) is 1. The number of ether oxygens (including phenoxy) is 2. The second-order valence-electron chi connectivity index (χ2n) is 5.19. The average Bonchev–Trinajstić information content (AvgIpc) is 2.73. The standard InChI is InChI=1S/C15H21NO3/c1-5-13-15(2,9-14(17)16-13)11-7-6-10(18-3)8-12(11)19-4/h6-8,13H,5,9H2,1-4H3,(H,16,17). The summed E-state index contributed by atoms with van der Waals surface area (Å²) < 4.78 is 10.7. The molecule has 1 aromatic carbocycles. The number of hydrogen-bond acceptors (Lipinski definition) is 3. The van der Waals surface area contributed by atoms with Crippen molar-refractivity contribution in [3.8, 4) is 11.5 Å². The first-order chi connectivity index (χ1) is 9.05. The minimum atomic E-state index is -0.233. The molecule has 0 aliphatic carbocycles. The van der Waals surface area contributed by atoms with Gasteiger partial charge < -0.3 is 14.8 Å². The molecule has 2 unspecified atom stereocenters. The summed E-state index contributed by atoms with van der Waals surface area (Å²) in [6, 6.07) is 5.93. The molecule has 4 heteroatoms. The SMILES string of the molecule is CCC1NC(=O)CC1(C)c1ccc(OC)cc1OC. The van der Waals surface area contributed by atoms with Gasteiger partial charge in [0.2, 0.25) is 5.91 Å². The smallest absolute Gasteiger partial charge is 0.221 e. The van der Waals surface area contributed by atoms with Crippen molar-refractivity contribution < 1.29 is 14.3 Å². The van der Waals surface area contributed by atoms with E-state index >= 15 is 0 Å². The van der Waals surface area contributed by atoms with Crippen LogP contribution in [0.1, 0.15) is 32.3 Å². The van der Waals surface area contributed by atoms with Crippen molar-refractivity contribution in [3.63, 3.8) is 0 Å². The van der Waals surface area contributed by atoms with Gasteiger partial charge in [-0.3, -0.25) is 4.79 Å². The molecule has 1 fully saturated rings. The molecule has 0 aromatic heterocycles. The van der Waals surface area contributed by atoms with Gasteiger partial charge in [0.15, 0.2) is 0 Å². The molecule has 1 amide bonds. The largest absolute Gasteiger partial charge is 0.497 e. The molecule has 2 atom stereocenters. The summed E-state index contributed by atoms with van der Waals surface area (Å²) in [5, 5.41) is 3.05. The normalized spacial score (nSPS) is 26.1. The van der Waals surface area contributed by atoms with Crippen LogP contribution in [0, 0.1) is 0 Å². The van der Waals surface area contributed by atoms with Crippen molar-refractivity contribution in [2.24, 2.45) is 0 Å². The van der Waals surface area contributed by atoms with Crippen LogP contribution in [-0.2, 0) is 10.2 Å². The van der Waals surface area contributed by atoms with Crippen LogP contribution in [0.5, 0.6) is 11.5 Å². The van der Waals surface area contributed by atoms with E-state index in [2.05, 4.69) is 19.2 Å². The molecular weight excluding hydrogens is 242 g/mol. The van der Waals surface area contributed by atoms with Gasteiger partial charge in [0.25, 0.3) is 0 Å². The monoisotopic (exact) mass is 263 g/mol. The fourth-order valence-electron chi connectivity index (χ4n) is 2.97. The first-order valence-electron chi connectivity index (χ1n) is 6.57. The Hall–Kier alpha value is -1.71. The van der Waals surface area contributed by atoms with E-state index in [1.54, 1.807) is 14.2 Å². The molecule has 1 aliphatic heterocycles. The summed E-state index contributed by atoms with van der Waals surface area (Å²) in [6.07, 6.45) is 1.39. The summed E-state index contributed by atoms with van der Waals surface area (Å²) in [4.78, 5) is 11.7. The molecule has 1 N–H and O–H groups in total. The van der Waals surface area contributed by atoms with E-state index in [-0.39, 0.29) is 17.4 Å². The van der Waals surface area contributed by atoms with E-state index in [9.17, 15) is 4.79 Å². The summed E-state index contributed by atoms with van der Waals surface area (Å²) in [5.74, 6) is 1.64. The van der Waals surface area contributed by atoms with Gasteiger partial charge in [-0.15, -0.1) is 0 Å². The third kappa shape index (κ3) is 2.27. The highest BCUT2D eigenvalue weighted by Crippen LogP contribution is 2.42. The molecule has 4 nitrogen and oxygen atoms in total. The molecule has 1 aromatic rings. The van der Waals surface area contributed by atoms with Crippen molar-refractivity contribution in [1.82, 2.24) is 5.32 Å². The summed E-state index contributed by atoms with van der Waals surface area (Å²) in [6.45, 7) is 4.20.